The van der Waals surface area contributed by atoms with Crippen LogP contribution in [0.2, 0.25) is 0 Å². The summed E-state index contributed by atoms with van der Waals surface area (Å²) in [6, 6.07) is 50.4. The number of hydrogen-bond donors (Lipinski definition) is 0. The van der Waals surface area contributed by atoms with Crippen LogP contribution in [-0.4, -0.2) is 15.0 Å². The Hall–Kier alpha value is -6.13. The van der Waals surface area contributed by atoms with Crippen LogP contribution in [0.5, 0.6) is 0 Å². The Kier molecular flexibility index (Phi) is 6.00. The second kappa shape index (κ2) is 10.5. The second-order valence-electron chi connectivity index (χ2n) is 11.7. The Morgan fingerprint density at radius 1 is 0.413 bits per heavy atom. The Labute approximate surface area is 265 Å². The van der Waals surface area contributed by atoms with E-state index < -0.39 is 0 Å². The van der Waals surface area contributed by atoms with Gasteiger partial charge in [-0.1, -0.05) is 121 Å². The van der Waals surface area contributed by atoms with Gasteiger partial charge in [-0.25, -0.2) is 15.0 Å². The zero-order valence-corrected chi connectivity index (χ0v) is 25.1. The highest BCUT2D eigenvalue weighted by Crippen LogP contribution is 2.42. The van der Waals surface area contributed by atoms with Gasteiger partial charge in [-0.05, 0) is 69.4 Å². The summed E-state index contributed by atoms with van der Waals surface area (Å²) in [4.78, 5) is 15.2. The number of para-hydroxylation sites is 1. The fourth-order valence-electron chi connectivity index (χ4n) is 6.60. The molecule has 2 aromatic heterocycles. The van der Waals surface area contributed by atoms with Crippen molar-refractivity contribution < 1.29 is 4.42 Å². The maximum absolute atomic E-state index is 6.31. The summed E-state index contributed by atoms with van der Waals surface area (Å²) >= 11 is 0. The van der Waals surface area contributed by atoms with E-state index >= 15 is 0 Å². The van der Waals surface area contributed by atoms with Crippen molar-refractivity contribution in [1.82, 2.24) is 15.0 Å². The fraction of sp³-hybridized carbons (Fsp3) is 0.0238. The topological polar surface area (TPSA) is 51.8 Å². The number of benzene rings is 7. The molecule has 0 aliphatic carbocycles. The lowest BCUT2D eigenvalue weighted by Crippen LogP contribution is -2.01. The lowest BCUT2D eigenvalue weighted by atomic mass is 9.91. The van der Waals surface area contributed by atoms with Crippen LogP contribution in [0.15, 0.2) is 150 Å². The minimum atomic E-state index is 0.642. The number of furan rings is 1. The lowest BCUT2D eigenvalue weighted by molar-refractivity contribution is 0.668. The zero-order chi connectivity index (χ0) is 30.6. The Balaban J connectivity index is 1.28. The maximum atomic E-state index is 6.31. The molecule has 9 aromatic rings. The van der Waals surface area contributed by atoms with Crippen LogP contribution in [0, 0.1) is 6.92 Å². The smallest absolute Gasteiger partial charge is 0.164 e. The third-order valence-corrected chi connectivity index (χ3v) is 8.75. The molecule has 0 spiro atoms. The molecule has 0 bridgehead atoms. The first-order chi connectivity index (χ1) is 22.7. The average molecular weight is 590 g/mol. The third kappa shape index (κ3) is 4.34. The van der Waals surface area contributed by atoms with E-state index in [-0.39, 0.29) is 0 Å². The highest BCUT2D eigenvalue weighted by Gasteiger charge is 2.19. The van der Waals surface area contributed by atoms with Crippen molar-refractivity contribution in [3.8, 4) is 45.3 Å². The average Bonchev–Trinajstić information content (AvgIpc) is 3.49. The van der Waals surface area contributed by atoms with Gasteiger partial charge in [0.2, 0.25) is 0 Å². The van der Waals surface area contributed by atoms with Crippen LogP contribution < -0.4 is 0 Å². The summed E-state index contributed by atoms with van der Waals surface area (Å²) < 4.78 is 6.31. The van der Waals surface area contributed by atoms with Crippen molar-refractivity contribution in [2.45, 2.75) is 6.92 Å². The fourth-order valence-corrected chi connectivity index (χ4v) is 6.60. The number of aryl methyl sites for hydroxylation is 1. The monoisotopic (exact) mass is 589 g/mol. The predicted octanol–water partition coefficient (Wildman–Crippen LogP) is 11.1. The highest BCUT2D eigenvalue weighted by atomic mass is 16.3. The van der Waals surface area contributed by atoms with E-state index in [4.69, 9.17) is 19.4 Å². The summed E-state index contributed by atoms with van der Waals surface area (Å²) in [5, 5.41) is 6.79. The van der Waals surface area contributed by atoms with Crippen LogP contribution in [0.25, 0.3) is 88.8 Å². The molecule has 0 N–H and O–H groups in total. The molecule has 4 heteroatoms. The Morgan fingerprint density at radius 2 is 1.04 bits per heavy atom. The van der Waals surface area contributed by atoms with Gasteiger partial charge >= 0.3 is 0 Å². The normalized spacial score (nSPS) is 11.6. The SMILES string of the molecule is Cc1cc(-c2ccc(-c3nc(-c4ccccc4)nc(-c4ccc5ccccc5c4)n3)c3ccccc23)c2c(c1)oc1ccccc12. The molecule has 46 heavy (non-hydrogen) atoms. The van der Waals surface area contributed by atoms with Crippen LogP contribution in [-0.2, 0) is 0 Å². The molecule has 0 saturated heterocycles. The predicted molar refractivity (Wildman–Crippen MR) is 189 cm³/mol. The summed E-state index contributed by atoms with van der Waals surface area (Å²) in [5.41, 5.74) is 8.10. The van der Waals surface area contributed by atoms with Gasteiger partial charge in [0, 0.05) is 27.5 Å². The van der Waals surface area contributed by atoms with Gasteiger partial charge in [-0.3, -0.25) is 0 Å². The largest absolute Gasteiger partial charge is 0.456 e. The molecule has 0 atom stereocenters. The van der Waals surface area contributed by atoms with E-state index in [2.05, 4.69) is 110 Å². The molecule has 0 amide bonds. The standard InChI is InChI=1S/C42H27N3O/c1-26-23-36(39-35-17-9-10-18-37(35)46-38(39)24-26)33-21-22-34(32-16-8-7-15-31(32)33)42-44-40(28-12-3-2-4-13-28)43-41(45-42)30-20-19-27-11-5-6-14-29(27)25-30/h2-25H,1H3. The van der Waals surface area contributed by atoms with E-state index in [1.807, 2.05) is 42.5 Å². The minimum Gasteiger partial charge on any atom is -0.456 e. The summed E-state index contributed by atoms with van der Waals surface area (Å²) in [6.07, 6.45) is 0. The Bertz CT molecular complexity index is 2600. The van der Waals surface area contributed by atoms with Crippen LogP contribution in [0.4, 0.5) is 0 Å². The molecular weight excluding hydrogens is 562 g/mol. The molecule has 0 aliphatic rings. The highest BCUT2D eigenvalue weighted by molar-refractivity contribution is 6.16. The van der Waals surface area contributed by atoms with Crippen molar-refractivity contribution in [3.05, 3.63) is 151 Å². The van der Waals surface area contributed by atoms with Gasteiger partial charge in [0.15, 0.2) is 17.5 Å². The second-order valence-corrected chi connectivity index (χ2v) is 11.7. The van der Waals surface area contributed by atoms with Crippen molar-refractivity contribution >= 4 is 43.5 Å². The van der Waals surface area contributed by atoms with E-state index in [0.717, 1.165) is 71.5 Å². The molecule has 0 radical (unpaired) electrons. The molecule has 4 nitrogen and oxygen atoms in total. The maximum Gasteiger partial charge on any atom is 0.164 e. The molecule has 9 rings (SSSR count). The lowest BCUT2D eigenvalue weighted by Gasteiger charge is -2.14. The van der Waals surface area contributed by atoms with Gasteiger partial charge in [-0.15, -0.1) is 0 Å². The van der Waals surface area contributed by atoms with Gasteiger partial charge in [0.1, 0.15) is 11.2 Å². The summed E-state index contributed by atoms with van der Waals surface area (Å²) in [7, 11) is 0. The number of hydrogen-bond acceptors (Lipinski definition) is 4. The van der Waals surface area contributed by atoms with Gasteiger partial charge in [0.25, 0.3) is 0 Å². The van der Waals surface area contributed by atoms with Gasteiger partial charge in [-0.2, -0.15) is 0 Å². The number of aromatic nitrogens is 3. The van der Waals surface area contributed by atoms with Crippen molar-refractivity contribution in [1.29, 1.82) is 0 Å². The molecule has 7 aromatic carbocycles. The van der Waals surface area contributed by atoms with Crippen molar-refractivity contribution in [2.75, 3.05) is 0 Å². The summed E-state index contributed by atoms with van der Waals surface area (Å²) in [6.45, 7) is 2.12. The van der Waals surface area contributed by atoms with Crippen molar-refractivity contribution in [2.24, 2.45) is 0 Å². The minimum absolute atomic E-state index is 0.642. The molecule has 0 aliphatic heterocycles. The van der Waals surface area contributed by atoms with E-state index in [9.17, 15) is 0 Å². The zero-order valence-electron chi connectivity index (χ0n) is 25.1. The Morgan fingerprint density at radius 3 is 1.87 bits per heavy atom. The third-order valence-electron chi connectivity index (χ3n) is 8.75. The molecular formula is C42H27N3O. The number of rotatable bonds is 4. The van der Waals surface area contributed by atoms with Gasteiger partial charge in [0.05, 0.1) is 0 Å². The number of fused-ring (bicyclic) bond motifs is 5. The first-order valence-electron chi connectivity index (χ1n) is 15.4. The first-order valence-corrected chi connectivity index (χ1v) is 15.4. The molecule has 0 unspecified atom stereocenters. The van der Waals surface area contributed by atoms with Crippen LogP contribution in [0.1, 0.15) is 5.56 Å². The first kappa shape index (κ1) is 26.3. The van der Waals surface area contributed by atoms with E-state index in [1.54, 1.807) is 0 Å². The molecule has 2 heterocycles. The molecule has 216 valence electrons. The van der Waals surface area contributed by atoms with Crippen LogP contribution in [0.3, 0.4) is 0 Å². The molecule has 0 saturated carbocycles. The van der Waals surface area contributed by atoms with E-state index in [0.29, 0.717) is 17.5 Å². The quantitative estimate of drug-likeness (QED) is 0.205. The van der Waals surface area contributed by atoms with Crippen LogP contribution >= 0.6 is 0 Å². The van der Waals surface area contributed by atoms with E-state index in [1.165, 1.54) is 5.39 Å². The number of nitrogens with zero attached hydrogens (tertiary/aromatic N) is 3. The molecule has 0 fully saturated rings. The van der Waals surface area contributed by atoms with Crippen molar-refractivity contribution in [3.63, 3.8) is 0 Å². The summed E-state index contributed by atoms with van der Waals surface area (Å²) in [5.74, 6) is 1.93. The van der Waals surface area contributed by atoms with Gasteiger partial charge < -0.3 is 4.42 Å².